The molecule has 1 N–H and O–H groups in total. The molecule has 112 valence electrons. The number of nitrogens with zero attached hydrogens (tertiary/aromatic N) is 2. The van der Waals surface area contributed by atoms with Gasteiger partial charge in [-0.1, -0.05) is 19.1 Å². The van der Waals surface area contributed by atoms with Crippen molar-refractivity contribution < 1.29 is 9.90 Å². The lowest BCUT2D eigenvalue weighted by Crippen LogP contribution is -2.29. The van der Waals surface area contributed by atoms with Crippen molar-refractivity contribution in [2.45, 2.75) is 26.2 Å². The highest BCUT2D eigenvalue weighted by Gasteiger charge is 2.09. The van der Waals surface area contributed by atoms with Crippen LogP contribution >= 0.6 is 0 Å². The zero-order valence-electron chi connectivity index (χ0n) is 12.8. The number of benzene rings is 1. The lowest BCUT2D eigenvalue weighted by Gasteiger charge is -2.25. The van der Waals surface area contributed by atoms with Crippen molar-refractivity contribution >= 4 is 11.7 Å². The molecule has 0 fully saturated rings. The quantitative estimate of drug-likeness (QED) is 0.753. The number of rotatable bonds is 9. The van der Waals surface area contributed by atoms with E-state index in [-0.39, 0.29) is 6.42 Å². The Morgan fingerprint density at radius 1 is 1.10 bits per heavy atom. The number of carboxylic acid groups (broad SMARTS) is 1. The van der Waals surface area contributed by atoms with Crippen molar-refractivity contribution in [3.63, 3.8) is 0 Å². The van der Waals surface area contributed by atoms with E-state index in [1.54, 1.807) is 0 Å². The number of aliphatic carboxylic acids is 1. The van der Waals surface area contributed by atoms with E-state index in [1.807, 2.05) is 0 Å². The number of hydrogen-bond donors (Lipinski definition) is 1. The van der Waals surface area contributed by atoms with Crippen LogP contribution in [0.15, 0.2) is 24.3 Å². The summed E-state index contributed by atoms with van der Waals surface area (Å²) >= 11 is 0. The normalized spacial score (nSPS) is 10.8. The van der Waals surface area contributed by atoms with E-state index in [1.165, 1.54) is 5.56 Å². The molecule has 0 amide bonds. The second kappa shape index (κ2) is 8.59. The van der Waals surface area contributed by atoms with Gasteiger partial charge in [0.05, 0.1) is 6.42 Å². The van der Waals surface area contributed by atoms with Crippen LogP contribution in [0.2, 0.25) is 0 Å². The minimum absolute atomic E-state index is 0.178. The van der Waals surface area contributed by atoms with E-state index in [4.69, 9.17) is 5.11 Å². The maximum atomic E-state index is 10.8. The molecule has 0 bridgehead atoms. The Morgan fingerprint density at radius 2 is 1.75 bits per heavy atom. The number of anilines is 1. The van der Waals surface area contributed by atoms with Gasteiger partial charge in [0.1, 0.15) is 0 Å². The van der Waals surface area contributed by atoms with Gasteiger partial charge in [0, 0.05) is 18.8 Å². The minimum atomic E-state index is -0.743. The Bertz CT molecular complexity index is 401. The Balaban J connectivity index is 2.65. The van der Waals surface area contributed by atoms with Gasteiger partial charge >= 0.3 is 5.97 Å². The fraction of sp³-hybridized carbons (Fsp3) is 0.562. The van der Waals surface area contributed by atoms with E-state index < -0.39 is 5.97 Å². The molecule has 0 unspecified atom stereocenters. The van der Waals surface area contributed by atoms with Crippen LogP contribution in [0.1, 0.15) is 25.3 Å². The van der Waals surface area contributed by atoms with Gasteiger partial charge in [-0.2, -0.15) is 0 Å². The van der Waals surface area contributed by atoms with E-state index in [0.29, 0.717) is 6.54 Å². The molecule has 4 nitrogen and oxygen atoms in total. The van der Waals surface area contributed by atoms with Gasteiger partial charge in [-0.15, -0.1) is 0 Å². The van der Waals surface area contributed by atoms with Crippen molar-refractivity contribution in [1.82, 2.24) is 4.90 Å². The lowest BCUT2D eigenvalue weighted by atomic mass is 10.1. The van der Waals surface area contributed by atoms with Crippen LogP contribution in [0.5, 0.6) is 0 Å². The Labute approximate surface area is 122 Å². The highest BCUT2D eigenvalue weighted by atomic mass is 16.4. The molecule has 0 radical (unpaired) electrons. The summed E-state index contributed by atoms with van der Waals surface area (Å²) in [6, 6.07) is 8.43. The molecule has 0 aromatic heterocycles. The van der Waals surface area contributed by atoms with Crippen LogP contribution < -0.4 is 4.90 Å². The number of carboxylic acids is 1. The van der Waals surface area contributed by atoms with E-state index in [2.05, 4.69) is 55.1 Å². The van der Waals surface area contributed by atoms with Gasteiger partial charge < -0.3 is 14.9 Å². The van der Waals surface area contributed by atoms with Gasteiger partial charge in [-0.3, -0.25) is 4.79 Å². The first-order valence-corrected chi connectivity index (χ1v) is 7.23. The van der Waals surface area contributed by atoms with Gasteiger partial charge in [-0.05, 0) is 51.2 Å². The zero-order valence-corrected chi connectivity index (χ0v) is 12.8. The lowest BCUT2D eigenvalue weighted by molar-refractivity contribution is -0.136. The Hall–Kier alpha value is -1.55. The number of hydrogen-bond acceptors (Lipinski definition) is 3. The Kier molecular flexibility index (Phi) is 7.09. The third-order valence-electron chi connectivity index (χ3n) is 3.34. The summed E-state index contributed by atoms with van der Waals surface area (Å²) in [5, 5.41) is 8.87. The highest BCUT2D eigenvalue weighted by molar-refractivity contribution is 5.67. The SMILES string of the molecule is CCc1ccc(N(CCCN(C)C)CCC(=O)O)cc1. The molecule has 1 rings (SSSR count). The monoisotopic (exact) mass is 278 g/mol. The molecule has 0 saturated carbocycles. The van der Waals surface area contributed by atoms with Gasteiger partial charge in [0.2, 0.25) is 0 Å². The highest BCUT2D eigenvalue weighted by Crippen LogP contribution is 2.16. The molecular weight excluding hydrogens is 252 g/mol. The molecule has 1 aromatic carbocycles. The summed E-state index contributed by atoms with van der Waals surface area (Å²) in [6.07, 6.45) is 2.23. The van der Waals surface area contributed by atoms with Crippen LogP contribution in [0.3, 0.4) is 0 Å². The second-order valence-electron chi connectivity index (χ2n) is 5.31. The molecule has 20 heavy (non-hydrogen) atoms. The van der Waals surface area contributed by atoms with Gasteiger partial charge in [0.15, 0.2) is 0 Å². The van der Waals surface area contributed by atoms with Crippen molar-refractivity contribution in [2.24, 2.45) is 0 Å². The topological polar surface area (TPSA) is 43.8 Å². The molecule has 0 saturated heterocycles. The van der Waals surface area contributed by atoms with Crippen LogP contribution in [0, 0.1) is 0 Å². The number of carbonyl (C=O) groups is 1. The molecule has 0 atom stereocenters. The molecule has 0 aliphatic carbocycles. The fourth-order valence-corrected chi connectivity index (χ4v) is 2.12. The predicted molar refractivity (Wildman–Crippen MR) is 83.5 cm³/mol. The third-order valence-corrected chi connectivity index (χ3v) is 3.34. The van der Waals surface area contributed by atoms with E-state index in [0.717, 1.165) is 31.6 Å². The third kappa shape index (κ3) is 6.06. The summed E-state index contributed by atoms with van der Waals surface area (Å²) in [4.78, 5) is 15.1. The van der Waals surface area contributed by atoms with Crippen LogP contribution in [-0.2, 0) is 11.2 Å². The van der Waals surface area contributed by atoms with Crippen LogP contribution in [-0.4, -0.2) is 49.7 Å². The first-order valence-electron chi connectivity index (χ1n) is 7.23. The smallest absolute Gasteiger partial charge is 0.305 e. The van der Waals surface area contributed by atoms with Crippen molar-refractivity contribution in [3.05, 3.63) is 29.8 Å². The van der Waals surface area contributed by atoms with Crippen LogP contribution in [0.25, 0.3) is 0 Å². The van der Waals surface area contributed by atoms with Crippen LogP contribution in [0.4, 0.5) is 5.69 Å². The summed E-state index contributed by atoms with van der Waals surface area (Å²) < 4.78 is 0. The average Bonchev–Trinajstić information content (AvgIpc) is 2.42. The molecule has 0 spiro atoms. The molecule has 0 aliphatic heterocycles. The molecular formula is C16H26N2O2. The first-order chi connectivity index (χ1) is 9.52. The summed E-state index contributed by atoms with van der Waals surface area (Å²) in [6.45, 7) is 4.59. The summed E-state index contributed by atoms with van der Waals surface area (Å²) in [5.41, 5.74) is 2.42. The predicted octanol–water partition coefficient (Wildman–Crippen LogP) is 2.48. The minimum Gasteiger partial charge on any atom is -0.481 e. The maximum absolute atomic E-state index is 10.8. The number of aryl methyl sites for hydroxylation is 1. The van der Waals surface area contributed by atoms with Gasteiger partial charge in [0.25, 0.3) is 0 Å². The van der Waals surface area contributed by atoms with E-state index in [9.17, 15) is 4.79 Å². The fourth-order valence-electron chi connectivity index (χ4n) is 2.12. The largest absolute Gasteiger partial charge is 0.481 e. The van der Waals surface area contributed by atoms with Gasteiger partial charge in [-0.25, -0.2) is 0 Å². The maximum Gasteiger partial charge on any atom is 0.305 e. The molecule has 0 aliphatic rings. The molecule has 1 aromatic rings. The van der Waals surface area contributed by atoms with Crippen molar-refractivity contribution in [1.29, 1.82) is 0 Å². The first kappa shape index (κ1) is 16.5. The van der Waals surface area contributed by atoms with Crippen molar-refractivity contribution in [3.8, 4) is 0 Å². The standard InChI is InChI=1S/C16H26N2O2/c1-4-14-6-8-15(9-7-14)18(13-10-16(19)20)12-5-11-17(2)3/h6-9H,4-5,10-13H2,1-3H3,(H,19,20). The summed E-state index contributed by atoms with van der Waals surface area (Å²) in [5.74, 6) is -0.743. The molecule has 4 heteroatoms. The van der Waals surface area contributed by atoms with Crippen molar-refractivity contribution in [2.75, 3.05) is 38.6 Å². The summed E-state index contributed by atoms with van der Waals surface area (Å²) in [7, 11) is 4.11. The zero-order chi connectivity index (χ0) is 15.0. The average molecular weight is 278 g/mol. The Morgan fingerprint density at radius 3 is 2.25 bits per heavy atom. The second-order valence-corrected chi connectivity index (χ2v) is 5.31. The van der Waals surface area contributed by atoms with E-state index >= 15 is 0 Å². The molecule has 0 heterocycles.